The Labute approximate surface area is 164 Å². The van der Waals surface area contributed by atoms with E-state index >= 15 is 0 Å². The second-order valence-electron chi connectivity index (χ2n) is 5.53. The highest BCUT2D eigenvalue weighted by Gasteiger charge is 2.04. The molecular weight excluding hydrogens is 353 g/mol. The monoisotopic (exact) mass is 373 g/mol. The van der Waals surface area contributed by atoms with Crippen LogP contribution in [0.15, 0.2) is 71.6 Å². The summed E-state index contributed by atoms with van der Waals surface area (Å²) >= 11 is 1.13. The smallest absolute Gasteiger partial charge is 0.138 e. The summed E-state index contributed by atoms with van der Waals surface area (Å²) in [6, 6.07) is 20.3. The van der Waals surface area contributed by atoms with Crippen LogP contribution in [-0.2, 0) is 0 Å². The van der Waals surface area contributed by atoms with E-state index < -0.39 is 0 Å². The summed E-state index contributed by atoms with van der Waals surface area (Å²) in [4.78, 5) is 0.900. The molecule has 3 aromatic carbocycles. The highest BCUT2D eigenvalue weighted by Crippen LogP contribution is 2.24. The van der Waals surface area contributed by atoms with E-state index in [0.29, 0.717) is 5.56 Å². The first kappa shape index (κ1) is 20.3. The van der Waals surface area contributed by atoms with E-state index in [1.54, 1.807) is 6.07 Å². The van der Waals surface area contributed by atoms with Crippen LogP contribution in [0.25, 0.3) is 11.1 Å². The Kier molecular flexibility index (Phi) is 7.68. The van der Waals surface area contributed by atoms with Crippen LogP contribution >= 0.6 is 11.8 Å². The Balaban J connectivity index is 0.00000126. The molecule has 0 heterocycles. The van der Waals surface area contributed by atoms with E-state index in [1.807, 2.05) is 80.8 Å². The van der Waals surface area contributed by atoms with Gasteiger partial charge in [0.05, 0.1) is 0 Å². The van der Waals surface area contributed by atoms with Gasteiger partial charge in [-0.1, -0.05) is 50.0 Å². The molecule has 0 atom stereocenters. The molecule has 0 aliphatic carbocycles. The van der Waals surface area contributed by atoms with Crippen LogP contribution in [0, 0.1) is 35.2 Å². The van der Waals surface area contributed by atoms with Gasteiger partial charge in [0.1, 0.15) is 11.2 Å². The quantitative estimate of drug-likeness (QED) is 0.280. The predicted molar refractivity (Wildman–Crippen MR) is 112 cm³/mol. The molecule has 0 amide bonds. The van der Waals surface area contributed by atoms with Gasteiger partial charge in [-0.05, 0) is 72.3 Å². The Morgan fingerprint density at radius 2 is 1.37 bits per heavy atom. The molecule has 0 unspecified atom stereocenters. The van der Waals surface area contributed by atoms with Crippen LogP contribution in [0.3, 0.4) is 0 Å². The van der Waals surface area contributed by atoms with Gasteiger partial charge >= 0.3 is 0 Å². The lowest BCUT2D eigenvalue weighted by molar-refractivity contribution is 0.630. The first-order valence-electron chi connectivity index (χ1n) is 8.70. The summed E-state index contributed by atoms with van der Waals surface area (Å²) in [5.41, 5.74) is 4.09. The standard InChI is InChI=1S/C22H14FNS.C2H6/c1-16-2-13-21(22(23)14-16)19-9-5-17(6-10-19)3-4-18-7-11-20(12-8-18)25-15-24;1-2/h2,5-14H,1H3;1-2H3. The van der Waals surface area contributed by atoms with Gasteiger partial charge in [-0.15, -0.1) is 0 Å². The predicted octanol–water partition coefficient (Wildman–Crippen LogP) is 6.80. The number of aryl methyl sites for hydroxylation is 1. The van der Waals surface area contributed by atoms with E-state index in [9.17, 15) is 4.39 Å². The average Bonchev–Trinajstić information content (AvgIpc) is 2.70. The summed E-state index contributed by atoms with van der Waals surface area (Å²) in [6.07, 6.45) is 0. The minimum Gasteiger partial charge on any atom is -0.206 e. The van der Waals surface area contributed by atoms with Gasteiger partial charge in [0.15, 0.2) is 0 Å². The third kappa shape index (κ3) is 5.74. The molecule has 0 fully saturated rings. The summed E-state index contributed by atoms with van der Waals surface area (Å²) in [5.74, 6) is 5.98. The summed E-state index contributed by atoms with van der Waals surface area (Å²) in [5, 5.41) is 10.7. The van der Waals surface area contributed by atoms with Crippen molar-refractivity contribution >= 4 is 11.8 Å². The van der Waals surface area contributed by atoms with Crippen molar-refractivity contribution in [3.8, 4) is 28.4 Å². The zero-order valence-electron chi connectivity index (χ0n) is 15.6. The summed E-state index contributed by atoms with van der Waals surface area (Å²) in [6.45, 7) is 5.87. The fourth-order valence-electron chi connectivity index (χ4n) is 2.39. The molecule has 0 aliphatic rings. The molecule has 3 rings (SSSR count). The first-order chi connectivity index (χ1) is 13.2. The molecule has 3 aromatic rings. The number of rotatable bonds is 2. The Bertz CT molecular complexity index is 988. The van der Waals surface area contributed by atoms with Crippen molar-refractivity contribution in [2.75, 3.05) is 0 Å². The Morgan fingerprint density at radius 1 is 0.815 bits per heavy atom. The molecule has 0 bridgehead atoms. The lowest BCUT2D eigenvalue weighted by atomic mass is 10.0. The van der Waals surface area contributed by atoms with Gasteiger partial charge in [0, 0.05) is 21.6 Å². The van der Waals surface area contributed by atoms with Gasteiger partial charge in [-0.25, -0.2) is 4.39 Å². The normalized spacial score (nSPS) is 9.30. The fourth-order valence-corrected chi connectivity index (χ4v) is 2.77. The molecule has 0 N–H and O–H groups in total. The summed E-state index contributed by atoms with van der Waals surface area (Å²) < 4.78 is 14.0. The third-order valence-electron chi connectivity index (χ3n) is 3.69. The van der Waals surface area contributed by atoms with Gasteiger partial charge in [-0.3, -0.25) is 0 Å². The van der Waals surface area contributed by atoms with Gasteiger partial charge < -0.3 is 0 Å². The van der Waals surface area contributed by atoms with Gasteiger partial charge in [0.2, 0.25) is 0 Å². The van der Waals surface area contributed by atoms with Crippen molar-refractivity contribution < 1.29 is 4.39 Å². The molecule has 3 heteroatoms. The molecule has 134 valence electrons. The van der Waals surface area contributed by atoms with Crippen molar-refractivity contribution in [3.63, 3.8) is 0 Å². The zero-order valence-corrected chi connectivity index (χ0v) is 16.4. The number of nitriles is 1. The molecule has 0 radical (unpaired) electrons. The van der Waals surface area contributed by atoms with E-state index in [0.717, 1.165) is 38.9 Å². The van der Waals surface area contributed by atoms with Crippen LogP contribution in [-0.4, -0.2) is 0 Å². The van der Waals surface area contributed by atoms with Gasteiger partial charge in [-0.2, -0.15) is 5.26 Å². The SMILES string of the molecule is CC.Cc1ccc(-c2ccc(C#Cc3ccc(SC#N)cc3)cc2)c(F)c1. The Morgan fingerprint density at radius 3 is 1.89 bits per heavy atom. The lowest BCUT2D eigenvalue weighted by Crippen LogP contribution is -1.86. The number of hydrogen-bond donors (Lipinski definition) is 0. The topological polar surface area (TPSA) is 23.8 Å². The highest BCUT2D eigenvalue weighted by molar-refractivity contribution is 8.03. The minimum absolute atomic E-state index is 0.214. The van der Waals surface area contributed by atoms with Crippen molar-refractivity contribution in [2.24, 2.45) is 0 Å². The average molecular weight is 373 g/mol. The van der Waals surface area contributed by atoms with Crippen LogP contribution in [0.1, 0.15) is 30.5 Å². The number of hydrogen-bond acceptors (Lipinski definition) is 2. The van der Waals surface area contributed by atoms with Crippen molar-refractivity contribution in [3.05, 3.63) is 89.2 Å². The number of thioether (sulfide) groups is 1. The largest absolute Gasteiger partial charge is 0.206 e. The Hall–Kier alpha value is -3.01. The fraction of sp³-hybridized carbons (Fsp3) is 0.125. The number of benzene rings is 3. The molecular formula is C24H20FNS. The maximum absolute atomic E-state index is 14.0. The second-order valence-corrected chi connectivity index (χ2v) is 6.39. The number of halogens is 1. The molecule has 0 aliphatic heterocycles. The van der Waals surface area contributed by atoms with Crippen LogP contribution in [0.4, 0.5) is 4.39 Å². The van der Waals surface area contributed by atoms with E-state index in [2.05, 4.69) is 11.8 Å². The van der Waals surface area contributed by atoms with Crippen LogP contribution in [0.2, 0.25) is 0 Å². The summed E-state index contributed by atoms with van der Waals surface area (Å²) in [7, 11) is 0. The molecule has 0 saturated heterocycles. The maximum Gasteiger partial charge on any atom is 0.138 e. The minimum atomic E-state index is -0.214. The van der Waals surface area contributed by atoms with Crippen molar-refractivity contribution in [2.45, 2.75) is 25.7 Å². The van der Waals surface area contributed by atoms with Crippen molar-refractivity contribution in [1.29, 1.82) is 5.26 Å². The lowest BCUT2D eigenvalue weighted by Gasteiger charge is -2.04. The second kappa shape index (κ2) is 10.2. The van der Waals surface area contributed by atoms with Crippen LogP contribution in [0.5, 0.6) is 0 Å². The molecule has 0 saturated carbocycles. The zero-order chi connectivity index (χ0) is 19.6. The molecule has 0 spiro atoms. The van der Waals surface area contributed by atoms with E-state index in [4.69, 9.17) is 5.26 Å². The third-order valence-corrected chi connectivity index (χ3v) is 4.29. The van der Waals surface area contributed by atoms with E-state index in [-0.39, 0.29) is 5.82 Å². The molecule has 1 nitrogen and oxygen atoms in total. The van der Waals surface area contributed by atoms with E-state index in [1.165, 1.54) is 6.07 Å². The number of thiocyanates is 1. The number of nitrogens with zero attached hydrogens (tertiary/aromatic N) is 1. The first-order valence-corrected chi connectivity index (χ1v) is 9.52. The highest BCUT2D eigenvalue weighted by atomic mass is 32.2. The van der Waals surface area contributed by atoms with Crippen molar-refractivity contribution in [1.82, 2.24) is 0 Å². The van der Waals surface area contributed by atoms with Gasteiger partial charge in [0.25, 0.3) is 0 Å². The maximum atomic E-state index is 14.0. The van der Waals surface area contributed by atoms with Crippen LogP contribution < -0.4 is 0 Å². The molecule has 27 heavy (non-hydrogen) atoms. The molecule has 0 aromatic heterocycles.